The normalized spacial score (nSPS) is 18.2. The van der Waals surface area contributed by atoms with Gasteiger partial charge >= 0.3 is 6.18 Å². The summed E-state index contributed by atoms with van der Waals surface area (Å²) in [6, 6.07) is 5.85. The SMILES string of the molecule is CCCN1CCC(Nc2ccccc2C(F)(F)F)CC1. The van der Waals surface area contributed by atoms with Crippen molar-refractivity contribution >= 4 is 5.69 Å². The van der Waals surface area contributed by atoms with Crippen LogP contribution in [0.15, 0.2) is 24.3 Å². The first-order valence-corrected chi connectivity index (χ1v) is 7.16. The molecule has 1 aromatic rings. The van der Waals surface area contributed by atoms with Crippen molar-refractivity contribution in [2.24, 2.45) is 0 Å². The van der Waals surface area contributed by atoms with Crippen LogP contribution in [0.5, 0.6) is 0 Å². The number of hydrogen-bond donors (Lipinski definition) is 1. The Morgan fingerprint density at radius 3 is 2.45 bits per heavy atom. The highest BCUT2D eigenvalue weighted by molar-refractivity contribution is 5.53. The largest absolute Gasteiger partial charge is 0.418 e. The van der Waals surface area contributed by atoms with Gasteiger partial charge in [-0.3, -0.25) is 0 Å². The van der Waals surface area contributed by atoms with E-state index in [1.807, 2.05) is 0 Å². The highest BCUT2D eigenvalue weighted by Crippen LogP contribution is 2.35. The number of para-hydroxylation sites is 1. The Morgan fingerprint density at radius 2 is 1.85 bits per heavy atom. The molecule has 112 valence electrons. The Bertz CT molecular complexity index is 423. The standard InChI is InChI=1S/C15H21F3N2/c1-2-9-20-10-7-12(8-11-20)19-14-6-4-3-5-13(14)15(16,17)18/h3-6,12,19H,2,7-11H2,1H3. The van der Waals surface area contributed by atoms with Crippen molar-refractivity contribution in [2.45, 2.75) is 38.4 Å². The number of likely N-dealkylation sites (tertiary alicyclic amines) is 1. The maximum Gasteiger partial charge on any atom is 0.418 e. The molecule has 1 aliphatic rings. The molecule has 20 heavy (non-hydrogen) atoms. The Labute approximate surface area is 118 Å². The van der Waals surface area contributed by atoms with Gasteiger partial charge in [-0.1, -0.05) is 19.1 Å². The van der Waals surface area contributed by atoms with Crippen LogP contribution in [0.2, 0.25) is 0 Å². The lowest BCUT2D eigenvalue weighted by Gasteiger charge is -2.33. The van der Waals surface area contributed by atoms with E-state index in [1.165, 1.54) is 12.1 Å². The van der Waals surface area contributed by atoms with Gasteiger partial charge in [0, 0.05) is 24.8 Å². The summed E-state index contributed by atoms with van der Waals surface area (Å²) in [6.45, 7) is 5.13. The minimum absolute atomic E-state index is 0.131. The predicted molar refractivity (Wildman–Crippen MR) is 74.8 cm³/mol. The van der Waals surface area contributed by atoms with Gasteiger partial charge in [0.25, 0.3) is 0 Å². The number of anilines is 1. The van der Waals surface area contributed by atoms with Crippen LogP contribution in [-0.2, 0) is 6.18 Å². The van der Waals surface area contributed by atoms with Crippen LogP contribution >= 0.6 is 0 Å². The third kappa shape index (κ3) is 3.88. The second kappa shape index (κ2) is 6.48. The molecule has 1 aliphatic heterocycles. The minimum atomic E-state index is -4.30. The molecular weight excluding hydrogens is 265 g/mol. The van der Waals surface area contributed by atoms with Gasteiger partial charge in [0.2, 0.25) is 0 Å². The first-order chi connectivity index (χ1) is 9.50. The van der Waals surface area contributed by atoms with Crippen LogP contribution in [0.4, 0.5) is 18.9 Å². The molecule has 0 amide bonds. The van der Waals surface area contributed by atoms with Gasteiger partial charge in [0.15, 0.2) is 0 Å². The zero-order chi connectivity index (χ0) is 14.6. The maximum atomic E-state index is 12.9. The summed E-state index contributed by atoms with van der Waals surface area (Å²) < 4.78 is 38.8. The van der Waals surface area contributed by atoms with Crippen molar-refractivity contribution in [3.63, 3.8) is 0 Å². The molecular formula is C15H21F3N2. The monoisotopic (exact) mass is 286 g/mol. The highest BCUT2D eigenvalue weighted by atomic mass is 19.4. The average molecular weight is 286 g/mol. The molecule has 0 unspecified atom stereocenters. The lowest BCUT2D eigenvalue weighted by atomic mass is 10.0. The van der Waals surface area contributed by atoms with E-state index in [2.05, 4.69) is 17.1 Å². The fraction of sp³-hybridized carbons (Fsp3) is 0.600. The summed E-state index contributed by atoms with van der Waals surface area (Å²) in [5.74, 6) is 0. The summed E-state index contributed by atoms with van der Waals surface area (Å²) in [6.07, 6.45) is -1.39. The molecule has 5 heteroatoms. The van der Waals surface area contributed by atoms with Crippen LogP contribution < -0.4 is 5.32 Å². The first-order valence-electron chi connectivity index (χ1n) is 7.16. The number of halogens is 3. The number of rotatable bonds is 4. The van der Waals surface area contributed by atoms with Crippen LogP contribution in [0.3, 0.4) is 0 Å². The maximum absolute atomic E-state index is 12.9. The summed E-state index contributed by atoms with van der Waals surface area (Å²) in [5.41, 5.74) is -0.370. The van der Waals surface area contributed by atoms with Crippen molar-refractivity contribution in [3.05, 3.63) is 29.8 Å². The fourth-order valence-electron chi connectivity index (χ4n) is 2.69. The Balaban J connectivity index is 1.98. The van der Waals surface area contributed by atoms with E-state index in [-0.39, 0.29) is 11.7 Å². The van der Waals surface area contributed by atoms with E-state index in [0.717, 1.165) is 45.0 Å². The summed E-state index contributed by atoms with van der Waals surface area (Å²) >= 11 is 0. The topological polar surface area (TPSA) is 15.3 Å². The predicted octanol–water partition coefficient (Wildman–Crippen LogP) is 3.99. The molecule has 1 aromatic carbocycles. The van der Waals surface area contributed by atoms with E-state index < -0.39 is 11.7 Å². The molecule has 0 saturated carbocycles. The van der Waals surface area contributed by atoms with E-state index in [4.69, 9.17) is 0 Å². The van der Waals surface area contributed by atoms with Crippen molar-refractivity contribution < 1.29 is 13.2 Å². The summed E-state index contributed by atoms with van der Waals surface area (Å²) in [5, 5.41) is 3.07. The van der Waals surface area contributed by atoms with E-state index in [1.54, 1.807) is 6.07 Å². The summed E-state index contributed by atoms with van der Waals surface area (Å²) in [4.78, 5) is 2.37. The van der Waals surface area contributed by atoms with Crippen LogP contribution in [0.25, 0.3) is 0 Å². The number of alkyl halides is 3. The van der Waals surface area contributed by atoms with Crippen LogP contribution in [-0.4, -0.2) is 30.6 Å². The number of nitrogens with one attached hydrogen (secondary N) is 1. The molecule has 1 heterocycles. The molecule has 1 N–H and O–H groups in total. The Hall–Kier alpha value is -1.23. The van der Waals surface area contributed by atoms with Crippen LogP contribution in [0.1, 0.15) is 31.7 Å². The quantitative estimate of drug-likeness (QED) is 0.900. The first kappa shape index (κ1) is 15.2. The smallest absolute Gasteiger partial charge is 0.382 e. The third-order valence-corrected chi connectivity index (χ3v) is 3.72. The molecule has 1 fully saturated rings. The van der Waals surface area contributed by atoms with Gasteiger partial charge in [-0.25, -0.2) is 0 Å². The van der Waals surface area contributed by atoms with Crippen molar-refractivity contribution in [3.8, 4) is 0 Å². The van der Waals surface area contributed by atoms with Gasteiger partial charge in [-0.05, 0) is 37.9 Å². The molecule has 0 spiro atoms. The second-order valence-electron chi connectivity index (χ2n) is 5.30. The molecule has 0 bridgehead atoms. The number of piperidine rings is 1. The molecule has 0 aliphatic carbocycles. The Kier molecular flexibility index (Phi) is 4.91. The van der Waals surface area contributed by atoms with Gasteiger partial charge < -0.3 is 10.2 Å². The molecule has 0 atom stereocenters. The van der Waals surface area contributed by atoms with Crippen molar-refractivity contribution in [1.82, 2.24) is 4.90 Å². The molecule has 0 radical (unpaired) electrons. The summed E-state index contributed by atoms with van der Waals surface area (Å²) in [7, 11) is 0. The number of benzene rings is 1. The minimum Gasteiger partial charge on any atom is -0.382 e. The molecule has 1 saturated heterocycles. The van der Waals surface area contributed by atoms with E-state index >= 15 is 0 Å². The fourth-order valence-corrected chi connectivity index (χ4v) is 2.69. The lowest BCUT2D eigenvalue weighted by molar-refractivity contribution is -0.137. The second-order valence-corrected chi connectivity index (χ2v) is 5.30. The number of hydrogen-bond acceptors (Lipinski definition) is 2. The van der Waals surface area contributed by atoms with Crippen molar-refractivity contribution in [1.29, 1.82) is 0 Å². The molecule has 2 rings (SSSR count). The van der Waals surface area contributed by atoms with Gasteiger partial charge in [-0.15, -0.1) is 0 Å². The Morgan fingerprint density at radius 1 is 1.20 bits per heavy atom. The zero-order valence-corrected chi connectivity index (χ0v) is 11.7. The van der Waals surface area contributed by atoms with Crippen LogP contribution in [0, 0.1) is 0 Å². The molecule has 2 nitrogen and oxygen atoms in total. The number of nitrogens with zero attached hydrogens (tertiary/aromatic N) is 1. The van der Waals surface area contributed by atoms with Gasteiger partial charge in [-0.2, -0.15) is 13.2 Å². The molecule has 0 aromatic heterocycles. The average Bonchev–Trinajstić information content (AvgIpc) is 2.41. The highest BCUT2D eigenvalue weighted by Gasteiger charge is 2.33. The third-order valence-electron chi connectivity index (χ3n) is 3.72. The van der Waals surface area contributed by atoms with E-state index in [0.29, 0.717) is 0 Å². The van der Waals surface area contributed by atoms with Gasteiger partial charge in [0.1, 0.15) is 0 Å². The van der Waals surface area contributed by atoms with Gasteiger partial charge in [0.05, 0.1) is 5.56 Å². The van der Waals surface area contributed by atoms with Crippen molar-refractivity contribution in [2.75, 3.05) is 25.0 Å². The lowest BCUT2D eigenvalue weighted by Crippen LogP contribution is -2.39. The van der Waals surface area contributed by atoms with E-state index in [9.17, 15) is 13.2 Å². The zero-order valence-electron chi connectivity index (χ0n) is 11.7.